The van der Waals surface area contributed by atoms with Gasteiger partial charge >= 0.3 is 0 Å². The topological polar surface area (TPSA) is 6.48 Å². The molecule has 6 heteroatoms. The molecule has 2 nitrogen and oxygen atoms in total. The maximum Gasteiger partial charge on any atom is 0.199 e. The van der Waals surface area contributed by atoms with E-state index in [0.717, 1.165) is 0 Å². The highest BCUT2D eigenvalue weighted by molar-refractivity contribution is 5.72. The second kappa shape index (κ2) is 4.19. The van der Waals surface area contributed by atoms with E-state index in [9.17, 15) is 17.6 Å². The van der Waals surface area contributed by atoms with E-state index in [0.29, 0.717) is 0 Å². The van der Waals surface area contributed by atoms with Gasteiger partial charge in [-0.3, -0.25) is 0 Å². The van der Waals surface area contributed by atoms with Crippen LogP contribution in [0.2, 0.25) is 0 Å². The average molecular weight is 236 g/mol. The number of benzene rings is 1. The molecule has 16 heavy (non-hydrogen) atoms. The van der Waals surface area contributed by atoms with E-state index in [4.69, 9.17) is 0 Å². The summed E-state index contributed by atoms with van der Waals surface area (Å²) >= 11 is 0. The van der Waals surface area contributed by atoms with Crippen molar-refractivity contribution in [2.75, 3.05) is 38.0 Å². The lowest BCUT2D eigenvalue weighted by Gasteiger charge is -2.24. The van der Waals surface area contributed by atoms with Crippen LogP contribution < -0.4 is 9.80 Å². The Morgan fingerprint density at radius 3 is 1.00 bits per heavy atom. The molecule has 0 amide bonds. The monoisotopic (exact) mass is 236 g/mol. The van der Waals surface area contributed by atoms with Crippen molar-refractivity contribution in [2.45, 2.75) is 0 Å². The zero-order valence-corrected chi connectivity index (χ0v) is 9.41. The van der Waals surface area contributed by atoms with Crippen LogP contribution in [0.5, 0.6) is 0 Å². The SMILES string of the molecule is CN(C)c1c(F)c(F)c(F)c(F)c1N(C)C. The first kappa shape index (κ1) is 12.6. The predicted octanol–water partition coefficient (Wildman–Crippen LogP) is 2.38. The van der Waals surface area contributed by atoms with Gasteiger partial charge in [0.25, 0.3) is 0 Å². The lowest BCUT2D eigenvalue weighted by molar-refractivity contribution is 0.410. The second-order valence-corrected chi connectivity index (χ2v) is 3.74. The van der Waals surface area contributed by atoms with Crippen LogP contribution in [0.4, 0.5) is 28.9 Å². The van der Waals surface area contributed by atoms with Crippen molar-refractivity contribution < 1.29 is 17.6 Å². The summed E-state index contributed by atoms with van der Waals surface area (Å²) in [5.74, 6) is -6.39. The van der Waals surface area contributed by atoms with Crippen LogP contribution in [-0.4, -0.2) is 28.2 Å². The van der Waals surface area contributed by atoms with E-state index in [2.05, 4.69) is 0 Å². The molecule has 0 aromatic heterocycles. The first-order valence-electron chi connectivity index (χ1n) is 4.49. The Morgan fingerprint density at radius 2 is 0.812 bits per heavy atom. The number of anilines is 2. The fourth-order valence-corrected chi connectivity index (χ4v) is 1.42. The lowest BCUT2D eigenvalue weighted by atomic mass is 10.2. The Balaban J connectivity index is 3.69. The maximum absolute atomic E-state index is 13.5. The third kappa shape index (κ3) is 1.79. The van der Waals surface area contributed by atoms with Gasteiger partial charge in [0.1, 0.15) is 11.4 Å². The van der Waals surface area contributed by atoms with E-state index >= 15 is 0 Å². The largest absolute Gasteiger partial charge is 0.373 e. The zero-order chi connectivity index (χ0) is 12.6. The summed E-state index contributed by atoms with van der Waals surface area (Å²) in [6.07, 6.45) is 0. The van der Waals surface area contributed by atoms with Gasteiger partial charge in [-0.05, 0) is 0 Å². The maximum atomic E-state index is 13.5. The van der Waals surface area contributed by atoms with Crippen LogP contribution in [0, 0.1) is 23.3 Å². The van der Waals surface area contributed by atoms with Crippen molar-refractivity contribution in [3.05, 3.63) is 23.3 Å². The van der Waals surface area contributed by atoms with Crippen LogP contribution >= 0.6 is 0 Å². The van der Waals surface area contributed by atoms with E-state index in [-0.39, 0.29) is 11.4 Å². The summed E-state index contributed by atoms with van der Waals surface area (Å²) in [6, 6.07) is 0. The molecule has 0 saturated carbocycles. The van der Waals surface area contributed by atoms with Crippen molar-refractivity contribution in [1.29, 1.82) is 0 Å². The van der Waals surface area contributed by atoms with Gasteiger partial charge in [0.05, 0.1) is 0 Å². The van der Waals surface area contributed by atoms with Gasteiger partial charge in [-0.25, -0.2) is 17.6 Å². The van der Waals surface area contributed by atoms with Gasteiger partial charge in [0.2, 0.25) is 0 Å². The molecule has 0 unspecified atom stereocenters. The van der Waals surface area contributed by atoms with E-state index in [1.165, 1.54) is 38.0 Å². The molecule has 0 spiro atoms. The Kier molecular flexibility index (Phi) is 3.30. The molecule has 0 radical (unpaired) electrons. The van der Waals surface area contributed by atoms with Gasteiger partial charge in [-0.2, -0.15) is 0 Å². The van der Waals surface area contributed by atoms with E-state index in [1.54, 1.807) is 0 Å². The lowest BCUT2D eigenvalue weighted by Crippen LogP contribution is -2.21. The molecule has 0 aliphatic heterocycles. The van der Waals surface area contributed by atoms with Gasteiger partial charge in [-0.1, -0.05) is 0 Å². The number of hydrogen-bond donors (Lipinski definition) is 0. The predicted molar refractivity (Wildman–Crippen MR) is 54.9 cm³/mol. The second-order valence-electron chi connectivity index (χ2n) is 3.74. The van der Waals surface area contributed by atoms with E-state index in [1.807, 2.05) is 0 Å². The highest BCUT2D eigenvalue weighted by Gasteiger charge is 2.27. The van der Waals surface area contributed by atoms with Crippen LogP contribution in [0.3, 0.4) is 0 Å². The standard InChI is InChI=1S/C10H12F4N2/c1-15(2)9-7(13)5(11)6(12)8(14)10(9)16(3)4/h1-4H3. The van der Waals surface area contributed by atoms with Gasteiger partial charge in [0.15, 0.2) is 23.3 Å². The fraction of sp³-hybridized carbons (Fsp3) is 0.400. The molecule has 0 aliphatic rings. The Labute approximate surface area is 91.1 Å². The van der Waals surface area contributed by atoms with Gasteiger partial charge < -0.3 is 9.80 Å². The molecule has 1 rings (SSSR count). The summed E-state index contributed by atoms with van der Waals surface area (Å²) in [5.41, 5.74) is -0.636. The highest BCUT2D eigenvalue weighted by atomic mass is 19.2. The minimum absolute atomic E-state index is 0.318. The molecular formula is C10H12F4N2. The minimum atomic E-state index is -1.80. The minimum Gasteiger partial charge on any atom is -0.373 e. The molecule has 0 heterocycles. The van der Waals surface area contributed by atoms with Crippen LogP contribution in [0.15, 0.2) is 0 Å². The Bertz CT molecular complexity index is 377. The molecule has 0 bridgehead atoms. The van der Waals surface area contributed by atoms with Crippen LogP contribution in [-0.2, 0) is 0 Å². The molecule has 0 aliphatic carbocycles. The first-order chi connectivity index (χ1) is 7.29. The van der Waals surface area contributed by atoms with Crippen LogP contribution in [0.1, 0.15) is 0 Å². The quantitative estimate of drug-likeness (QED) is 0.442. The third-order valence-electron chi connectivity index (χ3n) is 2.11. The van der Waals surface area contributed by atoms with Crippen molar-refractivity contribution in [2.24, 2.45) is 0 Å². The summed E-state index contributed by atoms with van der Waals surface area (Å²) in [6.45, 7) is 0. The molecule has 1 aromatic rings. The summed E-state index contributed by atoms with van der Waals surface area (Å²) < 4.78 is 53.0. The highest BCUT2D eigenvalue weighted by Crippen LogP contribution is 2.36. The first-order valence-corrected chi connectivity index (χ1v) is 4.49. The molecule has 0 N–H and O–H groups in total. The average Bonchev–Trinajstić information content (AvgIpc) is 2.18. The van der Waals surface area contributed by atoms with Crippen molar-refractivity contribution in [3.63, 3.8) is 0 Å². The molecule has 0 atom stereocenters. The molecular weight excluding hydrogens is 224 g/mol. The molecule has 0 saturated heterocycles. The Morgan fingerprint density at radius 1 is 0.562 bits per heavy atom. The number of hydrogen-bond acceptors (Lipinski definition) is 2. The van der Waals surface area contributed by atoms with Crippen molar-refractivity contribution >= 4 is 11.4 Å². The zero-order valence-electron chi connectivity index (χ0n) is 9.41. The number of halogens is 4. The molecule has 90 valence electrons. The molecule has 1 aromatic carbocycles. The fourth-order valence-electron chi connectivity index (χ4n) is 1.42. The summed E-state index contributed by atoms with van der Waals surface area (Å²) in [5, 5.41) is 0. The third-order valence-corrected chi connectivity index (χ3v) is 2.11. The molecule has 0 fully saturated rings. The van der Waals surface area contributed by atoms with Crippen molar-refractivity contribution in [1.82, 2.24) is 0 Å². The smallest absolute Gasteiger partial charge is 0.199 e. The Hall–Kier alpha value is -1.46. The van der Waals surface area contributed by atoms with Crippen molar-refractivity contribution in [3.8, 4) is 0 Å². The number of rotatable bonds is 2. The number of nitrogens with zero attached hydrogens (tertiary/aromatic N) is 2. The normalized spacial score (nSPS) is 10.5. The summed E-state index contributed by atoms with van der Waals surface area (Å²) in [7, 11) is 5.68. The van der Waals surface area contributed by atoms with E-state index < -0.39 is 23.3 Å². The van der Waals surface area contributed by atoms with Gasteiger partial charge in [-0.15, -0.1) is 0 Å². The summed E-state index contributed by atoms with van der Waals surface area (Å²) in [4.78, 5) is 2.38. The van der Waals surface area contributed by atoms with Crippen LogP contribution in [0.25, 0.3) is 0 Å². The van der Waals surface area contributed by atoms with Gasteiger partial charge in [0, 0.05) is 28.2 Å².